The fourth-order valence-corrected chi connectivity index (χ4v) is 10.4. The van der Waals surface area contributed by atoms with E-state index in [1.165, 1.54) is 42.9 Å². The maximum Gasteiger partial charge on any atom is 0.407 e. The van der Waals surface area contributed by atoms with Crippen molar-refractivity contribution in [2.75, 3.05) is 27.3 Å². The molecule has 2 bridgehead atoms. The van der Waals surface area contributed by atoms with E-state index in [4.69, 9.17) is 19.4 Å². The number of rotatable bonds is 11. The van der Waals surface area contributed by atoms with Crippen LogP contribution in [0.5, 0.6) is 0 Å². The number of amides is 4. The van der Waals surface area contributed by atoms with Gasteiger partial charge < -0.3 is 39.9 Å². The summed E-state index contributed by atoms with van der Waals surface area (Å²) in [5.41, 5.74) is 9.30. The zero-order valence-electron chi connectivity index (χ0n) is 35.7. The van der Waals surface area contributed by atoms with Gasteiger partial charge in [0.25, 0.3) is 0 Å². The molecule has 0 radical (unpaired) electrons. The number of aromatic amines is 2. The summed E-state index contributed by atoms with van der Waals surface area (Å²) in [6.45, 7) is 11.3. The Labute approximate surface area is 351 Å². The van der Waals surface area contributed by atoms with Crippen LogP contribution in [0.15, 0.2) is 48.8 Å². The van der Waals surface area contributed by atoms with Crippen LogP contribution in [0.4, 0.5) is 9.59 Å². The van der Waals surface area contributed by atoms with Gasteiger partial charge in [-0.05, 0) is 95.9 Å². The molecule has 7 unspecified atom stereocenters. The van der Waals surface area contributed by atoms with Crippen LogP contribution < -0.4 is 10.6 Å². The van der Waals surface area contributed by atoms with Gasteiger partial charge in [-0.2, -0.15) is 0 Å². The van der Waals surface area contributed by atoms with E-state index in [1.807, 2.05) is 49.9 Å². The molecule has 1 saturated carbocycles. The first-order valence-electron chi connectivity index (χ1n) is 21.6. The maximum absolute atomic E-state index is 13.8. The van der Waals surface area contributed by atoms with Gasteiger partial charge in [0.05, 0.1) is 50.1 Å². The molecule has 14 heteroatoms. The lowest BCUT2D eigenvalue weighted by Crippen LogP contribution is -2.51. The van der Waals surface area contributed by atoms with E-state index in [1.54, 1.807) is 0 Å². The van der Waals surface area contributed by atoms with Gasteiger partial charge in [0.15, 0.2) is 0 Å². The number of alkyl carbamates (subject to hydrolysis) is 2. The molecule has 14 nitrogen and oxygen atoms in total. The van der Waals surface area contributed by atoms with Gasteiger partial charge in [-0.25, -0.2) is 19.6 Å². The Balaban J connectivity index is 1.03. The first kappa shape index (κ1) is 41.1. The topological polar surface area (TPSA) is 175 Å². The van der Waals surface area contributed by atoms with Crippen molar-refractivity contribution in [2.24, 2.45) is 17.8 Å². The molecule has 2 aliphatic heterocycles. The van der Waals surface area contributed by atoms with Crippen molar-refractivity contribution >= 4 is 24.0 Å². The van der Waals surface area contributed by atoms with Gasteiger partial charge in [0.2, 0.25) is 11.8 Å². The highest BCUT2D eigenvalue weighted by atomic mass is 16.5. The number of nitrogens with zero attached hydrogens (tertiary/aromatic N) is 4. The van der Waals surface area contributed by atoms with Crippen molar-refractivity contribution in [3.05, 3.63) is 71.6 Å². The molecule has 4 N–H and O–H groups in total. The smallest absolute Gasteiger partial charge is 0.407 e. The van der Waals surface area contributed by atoms with Crippen LogP contribution in [-0.4, -0.2) is 93.1 Å². The SMILES string of the molecule is COC(=O)NC(C(=O)N1CCCC1c1ncc(-c2ccc(-c3ccc(-c4cnc(C5CCCN5C(=O)C(NC(=O)OC)C(C)C)[nH]4)c4c3C3CCC4C3C)cc2)[nH]1)C(C)C. The number of aromatic nitrogens is 4. The lowest BCUT2D eigenvalue weighted by atomic mass is 9.82. The minimum Gasteiger partial charge on any atom is -0.453 e. The summed E-state index contributed by atoms with van der Waals surface area (Å²) >= 11 is 0. The average Bonchev–Trinajstić information content (AvgIpc) is 4.12. The highest BCUT2D eigenvalue weighted by Gasteiger charge is 2.46. The highest BCUT2D eigenvalue weighted by molar-refractivity contribution is 5.87. The number of nitrogens with one attached hydrogen (secondary N) is 4. The Morgan fingerprint density at radius 2 is 1.10 bits per heavy atom. The van der Waals surface area contributed by atoms with Crippen LogP contribution in [0.25, 0.3) is 33.6 Å². The molecule has 3 fully saturated rings. The third kappa shape index (κ3) is 7.42. The molecular weight excluding hydrogens is 761 g/mol. The predicted molar refractivity (Wildman–Crippen MR) is 227 cm³/mol. The van der Waals surface area contributed by atoms with E-state index >= 15 is 0 Å². The molecule has 4 aromatic rings. The second-order valence-electron chi connectivity index (χ2n) is 17.7. The average molecular weight is 819 g/mol. The van der Waals surface area contributed by atoms with E-state index in [0.717, 1.165) is 66.3 Å². The van der Waals surface area contributed by atoms with Gasteiger partial charge >= 0.3 is 12.2 Å². The third-order valence-electron chi connectivity index (χ3n) is 13.6. The van der Waals surface area contributed by atoms with Crippen molar-refractivity contribution < 1.29 is 28.7 Å². The number of methoxy groups -OCH3 is 2. The van der Waals surface area contributed by atoms with Gasteiger partial charge in [0.1, 0.15) is 23.7 Å². The van der Waals surface area contributed by atoms with Crippen molar-refractivity contribution in [3.63, 3.8) is 0 Å². The van der Waals surface area contributed by atoms with Crippen molar-refractivity contribution in [1.29, 1.82) is 0 Å². The van der Waals surface area contributed by atoms with Crippen molar-refractivity contribution in [1.82, 2.24) is 40.4 Å². The number of ether oxygens (including phenoxy) is 2. The molecule has 2 saturated heterocycles. The molecule has 4 amide bonds. The van der Waals surface area contributed by atoms with E-state index in [0.29, 0.717) is 30.8 Å². The molecule has 2 aliphatic carbocycles. The fraction of sp³-hybridized carbons (Fsp3) is 0.522. The Kier molecular flexibility index (Phi) is 11.5. The van der Waals surface area contributed by atoms with E-state index in [-0.39, 0.29) is 35.7 Å². The number of carbonyl (C=O) groups is 4. The number of imidazole rings is 2. The monoisotopic (exact) mass is 818 g/mol. The minimum atomic E-state index is -0.687. The van der Waals surface area contributed by atoms with Crippen LogP contribution >= 0.6 is 0 Å². The Hall–Kier alpha value is -5.66. The Morgan fingerprint density at radius 1 is 0.650 bits per heavy atom. The van der Waals surface area contributed by atoms with E-state index in [2.05, 4.69) is 63.9 Å². The molecule has 0 spiro atoms. The summed E-state index contributed by atoms with van der Waals surface area (Å²) in [6.07, 6.45) is 8.16. The second-order valence-corrected chi connectivity index (χ2v) is 17.7. The molecule has 4 aliphatic rings. The zero-order valence-corrected chi connectivity index (χ0v) is 35.7. The summed E-state index contributed by atoms with van der Waals surface area (Å²) in [5.74, 6) is 2.53. The van der Waals surface area contributed by atoms with Crippen LogP contribution in [0, 0.1) is 17.8 Å². The van der Waals surface area contributed by atoms with Gasteiger partial charge in [-0.15, -0.1) is 0 Å². The molecule has 4 heterocycles. The Morgan fingerprint density at radius 3 is 1.60 bits per heavy atom. The molecule has 60 heavy (non-hydrogen) atoms. The standard InChI is InChI=1S/C46H58N8O6/c1-24(2)39(51-45(57)59-6)43(55)53-20-8-10-35(53)41-47-22-33(49-41)28-14-12-27(13-15-28)31-18-19-32(38-30-17-16-29(26(30)5)37(31)38)34-23-48-42(50-34)36-11-9-21-54(36)44(56)40(25(3)4)52-46(58)60-7/h12-15,18-19,22-26,29-30,35-36,39-40H,8-11,16-17,20-21H2,1-7H3,(H,47,49)(H,48,50)(H,51,57)(H,52,58). The first-order valence-corrected chi connectivity index (χ1v) is 21.6. The second kappa shape index (κ2) is 16.8. The zero-order chi connectivity index (χ0) is 42.4. The Bertz CT molecular complexity index is 2250. The summed E-state index contributed by atoms with van der Waals surface area (Å²) in [7, 11) is 2.60. The molecular formula is C46H58N8O6. The van der Waals surface area contributed by atoms with Crippen molar-refractivity contribution in [2.45, 2.75) is 109 Å². The molecule has 2 aromatic carbocycles. The van der Waals surface area contributed by atoms with Crippen LogP contribution in [0.2, 0.25) is 0 Å². The van der Waals surface area contributed by atoms with Gasteiger partial charge in [-0.1, -0.05) is 71.0 Å². The molecule has 318 valence electrons. The normalized spacial score (nSPS) is 22.9. The summed E-state index contributed by atoms with van der Waals surface area (Å²) < 4.78 is 9.60. The largest absolute Gasteiger partial charge is 0.453 e. The molecule has 7 atom stereocenters. The fourth-order valence-electron chi connectivity index (χ4n) is 10.4. The lowest BCUT2D eigenvalue weighted by molar-refractivity contribution is -0.136. The van der Waals surface area contributed by atoms with Crippen LogP contribution in [0.3, 0.4) is 0 Å². The summed E-state index contributed by atoms with van der Waals surface area (Å²) in [6, 6.07) is 11.4. The number of carbonyl (C=O) groups excluding carboxylic acids is 4. The maximum atomic E-state index is 13.8. The van der Waals surface area contributed by atoms with E-state index < -0.39 is 24.3 Å². The lowest BCUT2D eigenvalue weighted by Gasteiger charge is -2.30. The van der Waals surface area contributed by atoms with Crippen LogP contribution in [-0.2, 0) is 19.1 Å². The van der Waals surface area contributed by atoms with Crippen molar-refractivity contribution in [3.8, 4) is 33.6 Å². The number of H-pyrrole nitrogens is 2. The quantitative estimate of drug-likeness (QED) is 0.118. The number of likely N-dealkylation sites (tertiary alicyclic amines) is 2. The summed E-state index contributed by atoms with van der Waals surface area (Å²) in [4.78, 5) is 72.1. The highest BCUT2D eigenvalue weighted by Crippen LogP contribution is 2.61. The van der Waals surface area contributed by atoms with Crippen LogP contribution in [0.1, 0.15) is 120 Å². The number of hydrogen-bond acceptors (Lipinski definition) is 8. The molecule has 8 rings (SSSR count). The predicted octanol–water partition coefficient (Wildman–Crippen LogP) is 7.83. The van der Waals surface area contributed by atoms with Gasteiger partial charge in [-0.3, -0.25) is 9.59 Å². The minimum absolute atomic E-state index is 0.104. The molecule has 2 aromatic heterocycles. The first-order chi connectivity index (χ1) is 28.9. The number of fused-ring (bicyclic) bond motifs is 5. The number of hydrogen-bond donors (Lipinski definition) is 4. The van der Waals surface area contributed by atoms with E-state index in [9.17, 15) is 19.2 Å². The third-order valence-corrected chi connectivity index (χ3v) is 13.6. The summed E-state index contributed by atoms with van der Waals surface area (Å²) in [5, 5.41) is 5.46. The van der Waals surface area contributed by atoms with Gasteiger partial charge in [0, 0.05) is 18.7 Å². The number of benzene rings is 2.